The number of rotatable bonds is 2. The van der Waals surface area contributed by atoms with Gasteiger partial charge in [0.15, 0.2) is 6.29 Å². The summed E-state index contributed by atoms with van der Waals surface area (Å²) in [6, 6.07) is 5.03. The number of halogens is 4. The molecule has 0 N–H and O–H groups in total. The summed E-state index contributed by atoms with van der Waals surface area (Å²) in [6.07, 6.45) is -2.99. The number of alkyl halides is 3. The molecule has 2 nitrogen and oxygen atoms in total. The second-order valence-corrected chi connectivity index (χ2v) is 3.79. The second kappa shape index (κ2) is 4.79. The van der Waals surface area contributed by atoms with Crippen molar-refractivity contribution in [3.8, 4) is 11.1 Å². The lowest BCUT2D eigenvalue weighted by molar-refractivity contribution is -0.137. The van der Waals surface area contributed by atoms with Crippen LogP contribution in [-0.4, -0.2) is 11.3 Å². The topological polar surface area (TPSA) is 30.0 Å². The number of carbonyl (C=O) groups excluding carboxylic acids is 1. The summed E-state index contributed by atoms with van der Waals surface area (Å²) in [5, 5.41) is 0. The lowest BCUT2D eigenvalue weighted by Gasteiger charge is -2.10. The largest absolute Gasteiger partial charge is 0.416 e. The van der Waals surface area contributed by atoms with E-state index in [1.165, 1.54) is 6.07 Å². The van der Waals surface area contributed by atoms with Crippen LogP contribution in [0.15, 0.2) is 36.5 Å². The van der Waals surface area contributed by atoms with Gasteiger partial charge in [0.1, 0.15) is 0 Å². The molecule has 0 aliphatic rings. The molecule has 0 fully saturated rings. The molecule has 0 spiro atoms. The van der Waals surface area contributed by atoms with E-state index in [1.54, 1.807) is 0 Å². The van der Waals surface area contributed by atoms with Crippen molar-refractivity contribution < 1.29 is 22.4 Å². The summed E-state index contributed by atoms with van der Waals surface area (Å²) in [6.45, 7) is 0. The lowest BCUT2D eigenvalue weighted by atomic mass is 9.99. The van der Waals surface area contributed by atoms with Gasteiger partial charge in [0, 0.05) is 17.3 Å². The van der Waals surface area contributed by atoms with Crippen molar-refractivity contribution in [3.05, 3.63) is 53.6 Å². The van der Waals surface area contributed by atoms with Crippen molar-refractivity contribution in [2.45, 2.75) is 6.18 Å². The van der Waals surface area contributed by atoms with Crippen molar-refractivity contribution >= 4 is 6.29 Å². The minimum atomic E-state index is -4.51. The Morgan fingerprint density at radius 2 is 1.84 bits per heavy atom. The number of hydrogen-bond acceptors (Lipinski definition) is 2. The molecule has 98 valence electrons. The Kier molecular flexibility index (Phi) is 3.33. The maximum atomic E-state index is 12.7. The first kappa shape index (κ1) is 13.2. The molecule has 0 saturated heterocycles. The summed E-state index contributed by atoms with van der Waals surface area (Å²) in [7, 11) is 0. The highest BCUT2D eigenvalue weighted by molar-refractivity contribution is 5.87. The molecule has 19 heavy (non-hydrogen) atoms. The van der Waals surface area contributed by atoms with Crippen molar-refractivity contribution in [2.24, 2.45) is 0 Å². The third-order valence-electron chi connectivity index (χ3n) is 2.55. The second-order valence-electron chi connectivity index (χ2n) is 3.79. The number of pyridine rings is 1. The van der Waals surface area contributed by atoms with Crippen molar-refractivity contribution in [1.29, 1.82) is 0 Å². The summed E-state index contributed by atoms with van der Waals surface area (Å²) in [5.41, 5.74) is -0.481. The van der Waals surface area contributed by atoms with Crippen LogP contribution in [0.3, 0.4) is 0 Å². The van der Waals surface area contributed by atoms with Crippen LogP contribution in [0.5, 0.6) is 0 Å². The zero-order chi connectivity index (χ0) is 14.0. The van der Waals surface area contributed by atoms with E-state index in [4.69, 9.17) is 0 Å². The normalized spacial score (nSPS) is 11.4. The summed E-state index contributed by atoms with van der Waals surface area (Å²) in [5.74, 6) is -0.747. The van der Waals surface area contributed by atoms with Gasteiger partial charge in [0.25, 0.3) is 0 Å². The predicted molar refractivity (Wildman–Crippen MR) is 60.0 cm³/mol. The van der Waals surface area contributed by atoms with E-state index in [2.05, 4.69) is 4.98 Å². The fraction of sp³-hybridized carbons (Fsp3) is 0.0769. The number of aromatic nitrogens is 1. The van der Waals surface area contributed by atoms with Crippen LogP contribution in [-0.2, 0) is 6.18 Å². The first-order valence-corrected chi connectivity index (χ1v) is 5.20. The monoisotopic (exact) mass is 269 g/mol. The van der Waals surface area contributed by atoms with Gasteiger partial charge >= 0.3 is 6.18 Å². The molecule has 0 aliphatic carbocycles. The fourth-order valence-corrected chi connectivity index (χ4v) is 1.62. The van der Waals surface area contributed by atoms with Gasteiger partial charge in [-0.3, -0.25) is 4.79 Å². The SMILES string of the molecule is O=Cc1ccc(C(F)(F)F)cc1-c1ccc(F)nc1. The third-order valence-corrected chi connectivity index (χ3v) is 2.55. The highest BCUT2D eigenvalue weighted by Gasteiger charge is 2.31. The first-order valence-electron chi connectivity index (χ1n) is 5.20. The minimum absolute atomic E-state index is 0.0670. The zero-order valence-corrected chi connectivity index (χ0v) is 9.41. The molecule has 0 radical (unpaired) electrons. The summed E-state index contributed by atoms with van der Waals surface area (Å²) < 4.78 is 50.6. The quantitative estimate of drug-likeness (QED) is 0.472. The molecule has 2 aromatic rings. The van der Waals surface area contributed by atoms with Crippen LogP contribution < -0.4 is 0 Å². The maximum absolute atomic E-state index is 12.7. The highest BCUT2D eigenvalue weighted by atomic mass is 19.4. The van der Waals surface area contributed by atoms with E-state index in [-0.39, 0.29) is 16.7 Å². The van der Waals surface area contributed by atoms with Gasteiger partial charge in [-0.15, -0.1) is 0 Å². The minimum Gasteiger partial charge on any atom is -0.298 e. The number of carbonyl (C=O) groups is 1. The average Bonchev–Trinajstić information content (AvgIpc) is 2.38. The van der Waals surface area contributed by atoms with Crippen LogP contribution in [0.2, 0.25) is 0 Å². The van der Waals surface area contributed by atoms with E-state index in [0.717, 1.165) is 30.5 Å². The molecular formula is C13H7F4NO. The Bertz CT molecular complexity index is 605. The van der Waals surface area contributed by atoms with Gasteiger partial charge < -0.3 is 0 Å². The van der Waals surface area contributed by atoms with E-state index in [0.29, 0.717) is 6.29 Å². The van der Waals surface area contributed by atoms with E-state index in [9.17, 15) is 22.4 Å². The van der Waals surface area contributed by atoms with E-state index >= 15 is 0 Å². The molecule has 2 rings (SSSR count). The van der Waals surface area contributed by atoms with Gasteiger partial charge in [-0.2, -0.15) is 17.6 Å². The Hall–Kier alpha value is -2.24. The molecule has 0 unspecified atom stereocenters. The molecule has 0 bridgehead atoms. The Morgan fingerprint density at radius 3 is 2.37 bits per heavy atom. The molecule has 6 heteroatoms. The van der Waals surface area contributed by atoms with E-state index in [1.807, 2.05) is 0 Å². The van der Waals surface area contributed by atoms with E-state index < -0.39 is 17.7 Å². The van der Waals surface area contributed by atoms with Crippen molar-refractivity contribution in [1.82, 2.24) is 4.98 Å². The molecule has 0 atom stereocenters. The number of benzene rings is 1. The molecule has 1 aromatic heterocycles. The van der Waals surface area contributed by atoms with Crippen LogP contribution in [0.25, 0.3) is 11.1 Å². The van der Waals surface area contributed by atoms with Gasteiger partial charge in [-0.1, -0.05) is 6.07 Å². The highest BCUT2D eigenvalue weighted by Crippen LogP contribution is 2.33. The number of nitrogens with zero attached hydrogens (tertiary/aromatic N) is 1. The lowest BCUT2D eigenvalue weighted by Crippen LogP contribution is -2.05. The van der Waals surface area contributed by atoms with Gasteiger partial charge in [0.2, 0.25) is 5.95 Å². The molecular weight excluding hydrogens is 262 g/mol. The Labute approximate surface area is 105 Å². The number of hydrogen-bond donors (Lipinski definition) is 0. The Balaban J connectivity index is 2.59. The summed E-state index contributed by atoms with van der Waals surface area (Å²) >= 11 is 0. The van der Waals surface area contributed by atoms with Crippen LogP contribution in [0, 0.1) is 5.95 Å². The maximum Gasteiger partial charge on any atom is 0.416 e. The number of aldehydes is 1. The molecule has 0 saturated carbocycles. The fourth-order valence-electron chi connectivity index (χ4n) is 1.62. The molecule has 1 aromatic carbocycles. The van der Waals surface area contributed by atoms with Crippen molar-refractivity contribution in [2.75, 3.05) is 0 Å². The first-order chi connectivity index (χ1) is 8.91. The van der Waals surface area contributed by atoms with Gasteiger partial charge in [-0.25, -0.2) is 4.98 Å². The summed E-state index contributed by atoms with van der Waals surface area (Å²) in [4.78, 5) is 14.2. The van der Waals surface area contributed by atoms with Gasteiger partial charge in [0.05, 0.1) is 5.56 Å². The molecule has 0 aliphatic heterocycles. The third kappa shape index (κ3) is 2.78. The smallest absolute Gasteiger partial charge is 0.298 e. The van der Waals surface area contributed by atoms with Crippen LogP contribution >= 0.6 is 0 Å². The average molecular weight is 269 g/mol. The van der Waals surface area contributed by atoms with Crippen LogP contribution in [0.1, 0.15) is 15.9 Å². The standard InChI is InChI=1S/C13H7F4NO/c14-12-4-2-8(6-18-12)11-5-10(13(15,16)17)3-1-9(11)7-19/h1-7H. The zero-order valence-electron chi connectivity index (χ0n) is 9.41. The van der Waals surface area contributed by atoms with Crippen molar-refractivity contribution in [3.63, 3.8) is 0 Å². The molecule has 0 amide bonds. The van der Waals surface area contributed by atoms with Gasteiger partial charge in [-0.05, 0) is 29.8 Å². The Morgan fingerprint density at radius 1 is 1.11 bits per heavy atom. The predicted octanol–water partition coefficient (Wildman–Crippen LogP) is 3.72. The van der Waals surface area contributed by atoms with Crippen LogP contribution in [0.4, 0.5) is 17.6 Å². The molecule has 1 heterocycles.